The van der Waals surface area contributed by atoms with Crippen molar-refractivity contribution in [2.75, 3.05) is 0 Å². The van der Waals surface area contributed by atoms with E-state index in [9.17, 15) is 0 Å². The fourth-order valence-corrected chi connectivity index (χ4v) is 7.87. The van der Waals surface area contributed by atoms with Gasteiger partial charge in [-0.2, -0.15) is 0 Å². The van der Waals surface area contributed by atoms with Crippen LogP contribution in [0.1, 0.15) is 12.5 Å². The first-order chi connectivity index (χ1) is 16.1. The number of hydrogen-bond acceptors (Lipinski definition) is 2. The molecule has 0 saturated heterocycles. The zero-order chi connectivity index (χ0) is 22.4. The third-order valence-corrected chi connectivity index (χ3v) is 11.8. The second-order valence-corrected chi connectivity index (χ2v) is 14.1. The van der Waals surface area contributed by atoms with Gasteiger partial charge >= 0.3 is 202 Å². The molecule has 0 aliphatic carbocycles. The minimum absolute atomic E-state index is 0.177. The van der Waals surface area contributed by atoms with E-state index in [4.69, 9.17) is 9.05 Å². The number of rotatable bonds is 3. The average molecular weight is 513 g/mol. The summed E-state index contributed by atoms with van der Waals surface area (Å²) in [5.74, 6) is -0.639. The Morgan fingerprint density at radius 2 is 1.12 bits per heavy atom. The van der Waals surface area contributed by atoms with Gasteiger partial charge in [-0.15, -0.1) is 0 Å². The van der Waals surface area contributed by atoms with Crippen molar-refractivity contribution in [3.63, 3.8) is 0 Å². The zero-order valence-electron chi connectivity index (χ0n) is 18.3. The monoisotopic (exact) mass is 514 g/mol. The summed E-state index contributed by atoms with van der Waals surface area (Å²) < 4.78 is 13.7. The Morgan fingerprint density at radius 3 is 1.67 bits per heavy atom. The van der Waals surface area contributed by atoms with Crippen LogP contribution in [0, 0.1) is 0 Å². The van der Waals surface area contributed by atoms with Crippen LogP contribution < -0.4 is 9.05 Å². The Morgan fingerprint density at radius 1 is 0.636 bits per heavy atom. The molecule has 4 heteroatoms. The minimum atomic E-state index is -2.41. The summed E-state index contributed by atoms with van der Waals surface area (Å²) >= 11 is 3.40. The van der Waals surface area contributed by atoms with Crippen LogP contribution in [0.5, 0.6) is 11.5 Å². The van der Waals surface area contributed by atoms with E-state index in [1.165, 1.54) is 27.1 Å². The van der Waals surface area contributed by atoms with Gasteiger partial charge in [0.2, 0.25) is 0 Å². The summed E-state index contributed by atoms with van der Waals surface area (Å²) in [4.78, 5) is 0. The first-order valence-corrected chi connectivity index (χ1v) is 15.1. The van der Waals surface area contributed by atoms with Gasteiger partial charge in [-0.05, 0) is 0 Å². The fraction of sp³-hybridized carbons (Fsp3) is 0.103. The molecule has 162 valence electrons. The van der Waals surface area contributed by atoms with Crippen molar-refractivity contribution in [3.8, 4) is 22.6 Å². The van der Waals surface area contributed by atoms with Gasteiger partial charge in [0.05, 0.1) is 0 Å². The van der Waals surface area contributed by atoms with Gasteiger partial charge in [-0.1, -0.05) is 0 Å². The number of benzene rings is 5. The van der Waals surface area contributed by atoms with Crippen LogP contribution in [0.4, 0.5) is 0 Å². The van der Waals surface area contributed by atoms with E-state index < -0.39 is 5.96 Å². The van der Waals surface area contributed by atoms with Crippen molar-refractivity contribution in [2.24, 2.45) is 0 Å². The van der Waals surface area contributed by atoms with Crippen molar-refractivity contribution < 1.29 is 9.05 Å². The predicted octanol–water partition coefficient (Wildman–Crippen LogP) is 7.99. The van der Waals surface area contributed by atoms with Crippen LogP contribution in [-0.2, 0) is 6.42 Å². The molecule has 5 aromatic carbocycles. The Balaban J connectivity index is 1.60. The Bertz CT molecular complexity index is 1450. The SMILES string of the molecule is C[C@@H](Cc1ccccc1)P1(=[Se])Oc2ccc3ccccc3c2-c2c(ccc3ccccc23)O1. The van der Waals surface area contributed by atoms with Gasteiger partial charge in [0.15, 0.2) is 0 Å². The maximum atomic E-state index is 6.85. The topological polar surface area (TPSA) is 18.5 Å². The first-order valence-electron chi connectivity index (χ1n) is 11.2. The molecule has 0 radical (unpaired) electrons. The van der Waals surface area contributed by atoms with Gasteiger partial charge < -0.3 is 0 Å². The van der Waals surface area contributed by atoms with Crippen LogP contribution in [-0.4, -0.2) is 20.8 Å². The summed E-state index contributed by atoms with van der Waals surface area (Å²) in [5, 5.41) is 4.75. The van der Waals surface area contributed by atoms with E-state index in [1.807, 2.05) is 0 Å². The summed E-state index contributed by atoms with van der Waals surface area (Å²) in [6.45, 7) is 2.23. The Kier molecular flexibility index (Phi) is 5.15. The third kappa shape index (κ3) is 3.62. The van der Waals surface area contributed by atoms with E-state index in [-0.39, 0.29) is 5.66 Å². The molecule has 1 heterocycles. The molecule has 6 rings (SSSR count). The van der Waals surface area contributed by atoms with Gasteiger partial charge in [0.1, 0.15) is 0 Å². The van der Waals surface area contributed by atoms with Gasteiger partial charge in [-0.3, -0.25) is 0 Å². The standard InChI is InChI=1S/C29H23O2PSe/c1-20(19-21-9-3-2-4-10-21)32(33)30-26-17-15-22-11-5-7-13-24(22)28(26)29-25-14-8-6-12-23(25)16-18-27(29)31-32/h2-18,20H,19H2,1H3/t20-/m0/s1. The molecule has 0 aromatic heterocycles. The molecule has 0 fully saturated rings. The predicted molar refractivity (Wildman–Crippen MR) is 140 cm³/mol. The number of fused-ring (bicyclic) bond motifs is 7. The van der Waals surface area contributed by atoms with E-state index in [1.54, 1.807) is 0 Å². The second kappa shape index (κ2) is 8.19. The molecule has 1 aliphatic heterocycles. The first kappa shape index (κ1) is 20.8. The van der Waals surface area contributed by atoms with Crippen molar-refractivity contribution in [1.82, 2.24) is 0 Å². The van der Waals surface area contributed by atoms with E-state index >= 15 is 0 Å². The summed E-state index contributed by atoms with van der Waals surface area (Å²) in [5.41, 5.74) is 3.69. The molecule has 2 nitrogen and oxygen atoms in total. The van der Waals surface area contributed by atoms with Crippen LogP contribution in [0.25, 0.3) is 32.7 Å². The normalized spacial score (nSPS) is 15.1. The van der Waals surface area contributed by atoms with Crippen molar-refractivity contribution in [3.05, 3.63) is 109 Å². The van der Waals surface area contributed by atoms with E-state index in [0.717, 1.165) is 29.0 Å². The van der Waals surface area contributed by atoms with Crippen molar-refractivity contribution in [2.45, 2.75) is 19.0 Å². The molecule has 0 N–H and O–H groups in total. The van der Waals surface area contributed by atoms with Crippen LogP contribution in [0.15, 0.2) is 103 Å². The summed E-state index contributed by atoms with van der Waals surface area (Å²) in [7, 11) is 0. The van der Waals surface area contributed by atoms with Crippen molar-refractivity contribution >= 4 is 42.6 Å². The Hall–Kier alpha value is -2.83. The van der Waals surface area contributed by atoms with Crippen molar-refractivity contribution in [1.29, 1.82) is 0 Å². The zero-order valence-corrected chi connectivity index (χ0v) is 20.9. The van der Waals surface area contributed by atoms with E-state index in [2.05, 4.69) is 125 Å². The van der Waals surface area contributed by atoms with Gasteiger partial charge in [0.25, 0.3) is 0 Å². The molecule has 0 amide bonds. The molecular formula is C29H23O2PSe. The molecular weight excluding hydrogens is 490 g/mol. The molecule has 0 saturated carbocycles. The summed E-state index contributed by atoms with van der Waals surface area (Å²) in [6, 6.07) is 36.1. The molecule has 0 spiro atoms. The molecule has 1 aliphatic rings. The second-order valence-electron chi connectivity index (χ2n) is 8.58. The Labute approximate surface area is 201 Å². The fourth-order valence-electron chi connectivity index (χ4n) is 4.71. The molecule has 0 bridgehead atoms. The van der Waals surface area contributed by atoms with Gasteiger partial charge in [-0.25, -0.2) is 0 Å². The average Bonchev–Trinajstić information content (AvgIpc) is 2.99. The van der Waals surface area contributed by atoms with E-state index in [0.29, 0.717) is 0 Å². The van der Waals surface area contributed by atoms with Crippen LogP contribution in [0.2, 0.25) is 0 Å². The number of hydrogen-bond donors (Lipinski definition) is 0. The molecule has 1 atom stereocenters. The summed E-state index contributed by atoms with van der Waals surface area (Å²) in [6.07, 6.45) is 0.882. The third-order valence-electron chi connectivity index (χ3n) is 6.40. The quantitative estimate of drug-likeness (QED) is 0.180. The molecule has 5 aromatic rings. The van der Waals surface area contributed by atoms with Crippen LogP contribution >= 0.6 is 5.96 Å². The van der Waals surface area contributed by atoms with Gasteiger partial charge in [0, 0.05) is 0 Å². The molecule has 33 heavy (non-hydrogen) atoms. The molecule has 0 unspecified atom stereocenters. The maximum absolute atomic E-state index is 6.85. The van der Waals surface area contributed by atoms with Crippen LogP contribution in [0.3, 0.4) is 0 Å².